The van der Waals surface area contributed by atoms with E-state index in [2.05, 4.69) is 5.43 Å². The van der Waals surface area contributed by atoms with E-state index in [-0.39, 0.29) is 11.6 Å². The number of hydrazine groups is 1. The van der Waals surface area contributed by atoms with Gasteiger partial charge in [-0.15, -0.1) is 0 Å². The van der Waals surface area contributed by atoms with Crippen LogP contribution in [0.5, 0.6) is 0 Å². The lowest BCUT2D eigenvalue weighted by molar-refractivity contribution is -0.137. The Labute approximate surface area is 83.8 Å². The second-order valence-electron chi connectivity index (χ2n) is 2.66. The minimum atomic E-state index is -4.43. The van der Waals surface area contributed by atoms with Crippen LogP contribution >= 0.6 is 11.6 Å². The van der Waals surface area contributed by atoms with E-state index in [9.17, 15) is 13.2 Å². The number of nitrogens with one attached hydrogen (secondary N) is 1. The first kappa shape index (κ1) is 11.3. The zero-order chi connectivity index (χ0) is 10.8. The lowest BCUT2D eigenvalue weighted by atomic mass is 10.1. The van der Waals surface area contributed by atoms with Crippen LogP contribution in [0, 0.1) is 0 Å². The summed E-state index contributed by atoms with van der Waals surface area (Å²) in [7, 11) is 0. The van der Waals surface area contributed by atoms with Gasteiger partial charge in [-0.1, -0.05) is 23.7 Å². The molecule has 78 valence electrons. The van der Waals surface area contributed by atoms with Crippen LogP contribution in [0.15, 0.2) is 18.2 Å². The first-order chi connectivity index (χ1) is 6.46. The van der Waals surface area contributed by atoms with Gasteiger partial charge in [-0.2, -0.15) is 13.2 Å². The zero-order valence-electron chi connectivity index (χ0n) is 7.03. The average molecular weight is 225 g/mol. The Hall–Kier alpha value is -0.780. The number of benzene rings is 1. The van der Waals surface area contributed by atoms with Crippen molar-refractivity contribution in [2.24, 2.45) is 5.84 Å². The molecule has 0 heterocycles. The fourth-order valence-electron chi connectivity index (χ4n) is 1.05. The largest absolute Gasteiger partial charge is 0.417 e. The van der Waals surface area contributed by atoms with Gasteiger partial charge in [0.1, 0.15) is 0 Å². The maximum atomic E-state index is 12.3. The third kappa shape index (κ3) is 2.37. The van der Waals surface area contributed by atoms with E-state index in [4.69, 9.17) is 17.4 Å². The first-order valence-electron chi connectivity index (χ1n) is 3.75. The summed E-state index contributed by atoms with van der Waals surface area (Å²) in [6.45, 7) is 0.1000. The fraction of sp³-hybridized carbons (Fsp3) is 0.250. The van der Waals surface area contributed by atoms with Crippen molar-refractivity contribution in [3.05, 3.63) is 34.3 Å². The molecule has 1 aromatic rings. The number of alkyl halides is 3. The molecule has 1 aromatic carbocycles. The summed E-state index contributed by atoms with van der Waals surface area (Å²) in [4.78, 5) is 0. The summed E-state index contributed by atoms with van der Waals surface area (Å²) in [6, 6.07) is 3.71. The van der Waals surface area contributed by atoms with E-state index >= 15 is 0 Å². The van der Waals surface area contributed by atoms with E-state index in [1.54, 1.807) is 0 Å². The molecule has 0 aliphatic carbocycles. The molecule has 14 heavy (non-hydrogen) atoms. The van der Waals surface area contributed by atoms with Crippen molar-refractivity contribution < 1.29 is 13.2 Å². The van der Waals surface area contributed by atoms with Gasteiger partial charge in [0, 0.05) is 6.54 Å². The van der Waals surface area contributed by atoms with Crippen molar-refractivity contribution in [3.8, 4) is 0 Å². The van der Waals surface area contributed by atoms with Gasteiger partial charge in [0.05, 0.1) is 10.6 Å². The SMILES string of the molecule is NNCc1cccc(C(F)(F)F)c1Cl. The van der Waals surface area contributed by atoms with E-state index in [1.165, 1.54) is 12.1 Å². The topological polar surface area (TPSA) is 38.0 Å². The van der Waals surface area contributed by atoms with Crippen LogP contribution in [-0.4, -0.2) is 0 Å². The van der Waals surface area contributed by atoms with Crippen molar-refractivity contribution in [2.45, 2.75) is 12.7 Å². The molecule has 0 fully saturated rings. The summed E-state index contributed by atoms with van der Waals surface area (Å²) in [5.41, 5.74) is 1.73. The molecule has 6 heteroatoms. The van der Waals surface area contributed by atoms with Crippen LogP contribution in [-0.2, 0) is 12.7 Å². The van der Waals surface area contributed by atoms with Gasteiger partial charge in [0.2, 0.25) is 0 Å². The van der Waals surface area contributed by atoms with Gasteiger partial charge in [-0.25, -0.2) is 0 Å². The summed E-state index contributed by atoms with van der Waals surface area (Å²) in [5, 5.41) is -0.307. The van der Waals surface area contributed by atoms with E-state index in [0.717, 1.165) is 6.07 Å². The number of rotatable bonds is 2. The van der Waals surface area contributed by atoms with Gasteiger partial charge < -0.3 is 0 Å². The normalized spacial score (nSPS) is 11.8. The molecule has 0 aromatic heterocycles. The van der Waals surface area contributed by atoms with Gasteiger partial charge in [-0.05, 0) is 11.6 Å². The number of halogens is 4. The van der Waals surface area contributed by atoms with Gasteiger partial charge in [0.15, 0.2) is 0 Å². The highest BCUT2D eigenvalue weighted by Gasteiger charge is 2.33. The molecule has 0 aliphatic rings. The van der Waals surface area contributed by atoms with Crippen molar-refractivity contribution >= 4 is 11.6 Å². The van der Waals surface area contributed by atoms with Crippen LogP contribution in [0.3, 0.4) is 0 Å². The van der Waals surface area contributed by atoms with Crippen molar-refractivity contribution in [3.63, 3.8) is 0 Å². The van der Waals surface area contributed by atoms with Gasteiger partial charge >= 0.3 is 6.18 Å². The van der Waals surface area contributed by atoms with Crippen LogP contribution in [0.2, 0.25) is 5.02 Å². The summed E-state index contributed by atoms with van der Waals surface area (Å²) in [5.74, 6) is 5.00. The molecular weight excluding hydrogens is 217 g/mol. The Morgan fingerprint density at radius 3 is 2.50 bits per heavy atom. The van der Waals surface area contributed by atoms with E-state index in [1.807, 2.05) is 0 Å². The van der Waals surface area contributed by atoms with Crippen LogP contribution in [0.4, 0.5) is 13.2 Å². The lowest BCUT2D eigenvalue weighted by Crippen LogP contribution is -2.21. The van der Waals surface area contributed by atoms with Crippen molar-refractivity contribution in [1.82, 2.24) is 5.43 Å². The average Bonchev–Trinajstić information content (AvgIpc) is 2.07. The van der Waals surface area contributed by atoms with Gasteiger partial charge in [-0.3, -0.25) is 11.3 Å². The molecule has 0 spiro atoms. The van der Waals surface area contributed by atoms with Crippen molar-refractivity contribution in [1.29, 1.82) is 0 Å². The molecule has 0 atom stereocenters. The molecule has 2 nitrogen and oxygen atoms in total. The van der Waals surface area contributed by atoms with Crippen LogP contribution in [0.25, 0.3) is 0 Å². The third-order valence-electron chi connectivity index (χ3n) is 1.68. The van der Waals surface area contributed by atoms with Gasteiger partial charge in [0.25, 0.3) is 0 Å². The Bertz CT molecular complexity index is 325. The fourth-order valence-corrected chi connectivity index (χ4v) is 1.35. The molecule has 0 aliphatic heterocycles. The highest BCUT2D eigenvalue weighted by atomic mass is 35.5. The second-order valence-corrected chi connectivity index (χ2v) is 3.04. The maximum absolute atomic E-state index is 12.3. The number of nitrogens with two attached hydrogens (primary N) is 1. The Morgan fingerprint density at radius 2 is 2.00 bits per heavy atom. The minimum Gasteiger partial charge on any atom is -0.271 e. The van der Waals surface area contributed by atoms with Crippen LogP contribution < -0.4 is 11.3 Å². The molecule has 0 saturated heterocycles. The lowest BCUT2D eigenvalue weighted by Gasteiger charge is -2.11. The zero-order valence-corrected chi connectivity index (χ0v) is 7.78. The standard InChI is InChI=1S/C8H8ClF3N2/c9-7-5(4-14-13)2-1-3-6(7)8(10,11)12/h1-3,14H,4,13H2. The number of hydrogen-bond acceptors (Lipinski definition) is 2. The Balaban J connectivity index is 3.14. The molecule has 0 bridgehead atoms. The van der Waals surface area contributed by atoms with E-state index in [0.29, 0.717) is 5.56 Å². The maximum Gasteiger partial charge on any atom is 0.417 e. The monoisotopic (exact) mass is 224 g/mol. The smallest absolute Gasteiger partial charge is 0.271 e. The minimum absolute atomic E-state index is 0.1000. The molecule has 3 N–H and O–H groups in total. The highest BCUT2D eigenvalue weighted by molar-refractivity contribution is 6.32. The molecule has 0 amide bonds. The quantitative estimate of drug-likeness (QED) is 0.598. The molecule has 0 saturated carbocycles. The predicted octanol–water partition coefficient (Wildman–Crippen LogP) is 2.32. The summed E-state index contributed by atoms with van der Waals surface area (Å²) in [6.07, 6.45) is -4.43. The third-order valence-corrected chi connectivity index (χ3v) is 2.12. The van der Waals surface area contributed by atoms with Crippen LogP contribution in [0.1, 0.15) is 11.1 Å². The molecule has 0 radical (unpaired) electrons. The second kappa shape index (κ2) is 4.16. The van der Waals surface area contributed by atoms with Crippen molar-refractivity contribution in [2.75, 3.05) is 0 Å². The number of hydrogen-bond donors (Lipinski definition) is 2. The van der Waals surface area contributed by atoms with E-state index < -0.39 is 11.7 Å². The molecule has 0 unspecified atom stereocenters. The predicted molar refractivity (Wildman–Crippen MR) is 47.5 cm³/mol. The molecule has 1 rings (SSSR count). The Morgan fingerprint density at radius 1 is 1.36 bits per heavy atom. The highest BCUT2D eigenvalue weighted by Crippen LogP contribution is 2.35. The summed E-state index contributed by atoms with van der Waals surface area (Å²) >= 11 is 5.56. The Kier molecular flexibility index (Phi) is 3.36. The first-order valence-corrected chi connectivity index (χ1v) is 4.12. The molecular formula is C8H8ClF3N2. The summed E-state index contributed by atoms with van der Waals surface area (Å²) < 4.78 is 37.0.